The Morgan fingerprint density at radius 3 is 2.48 bits per heavy atom. The molecular formula is C21H18N2O3S. The molecule has 0 spiro atoms. The molecule has 1 aromatic heterocycles. The molecule has 136 valence electrons. The smallest absolute Gasteiger partial charge is 0.412 e. The van der Waals surface area contributed by atoms with Gasteiger partial charge in [-0.05, 0) is 29.1 Å². The molecule has 2 unspecified atom stereocenters. The maximum atomic E-state index is 12.3. The summed E-state index contributed by atoms with van der Waals surface area (Å²) in [4.78, 5) is 17.8. The molecule has 0 bridgehead atoms. The van der Waals surface area contributed by atoms with E-state index in [0.717, 1.165) is 10.4 Å². The summed E-state index contributed by atoms with van der Waals surface area (Å²) in [6.45, 7) is 0.342. The first-order valence-electron chi connectivity index (χ1n) is 8.62. The highest BCUT2D eigenvalue weighted by atomic mass is 32.1. The van der Waals surface area contributed by atoms with Crippen LogP contribution in [-0.2, 0) is 9.47 Å². The second-order valence-corrected chi connectivity index (χ2v) is 6.95. The number of thiophene rings is 1. The number of anilines is 1. The lowest BCUT2D eigenvalue weighted by Gasteiger charge is -2.31. The summed E-state index contributed by atoms with van der Waals surface area (Å²) in [7, 11) is 0. The molecule has 0 radical (unpaired) electrons. The minimum Gasteiger partial charge on any atom is -0.465 e. The number of para-hydroxylation sites is 1. The van der Waals surface area contributed by atoms with Gasteiger partial charge in [-0.3, -0.25) is 5.32 Å². The van der Waals surface area contributed by atoms with Crippen molar-refractivity contribution in [2.24, 2.45) is 4.99 Å². The summed E-state index contributed by atoms with van der Waals surface area (Å²) >= 11 is 1.57. The summed E-state index contributed by atoms with van der Waals surface area (Å²) in [5, 5.41) is 4.72. The third-order valence-corrected chi connectivity index (χ3v) is 4.99. The average Bonchev–Trinajstić information content (AvgIpc) is 3.24. The van der Waals surface area contributed by atoms with Crippen LogP contribution in [0.25, 0.3) is 0 Å². The molecule has 5 nitrogen and oxygen atoms in total. The normalized spacial score (nSPS) is 18.9. The van der Waals surface area contributed by atoms with E-state index in [-0.39, 0.29) is 0 Å². The SMILES string of the molecule is O=C(Nc1ccccc1)OC1CN=C(c2cccs2)OC1c1ccccc1. The molecule has 27 heavy (non-hydrogen) atoms. The predicted molar refractivity (Wildman–Crippen MR) is 106 cm³/mol. The van der Waals surface area contributed by atoms with Gasteiger partial charge in [-0.1, -0.05) is 54.6 Å². The Balaban J connectivity index is 1.53. The van der Waals surface area contributed by atoms with Crippen LogP contribution < -0.4 is 5.32 Å². The van der Waals surface area contributed by atoms with Crippen LogP contribution in [0.5, 0.6) is 0 Å². The molecule has 2 atom stereocenters. The number of rotatable bonds is 4. The van der Waals surface area contributed by atoms with Gasteiger partial charge in [0.15, 0.2) is 12.2 Å². The van der Waals surface area contributed by atoms with Crippen molar-refractivity contribution >= 4 is 29.0 Å². The van der Waals surface area contributed by atoms with E-state index in [2.05, 4.69) is 10.3 Å². The van der Waals surface area contributed by atoms with Gasteiger partial charge in [0.2, 0.25) is 5.90 Å². The zero-order valence-electron chi connectivity index (χ0n) is 14.4. The first kappa shape index (κ1) is 17.3. The van der Waals surface area contributed by atoms with Gasteiger partial charge in [-0.15, -0.1) is 11.3 Å². The molecule has 1 aliphatic heterocycles. The van der Waals surface area contributed by atoms with Gasteiger partial charge in [0.05, 0.1) is 11.4 Å². The third-order valence-electron chi connectivity index (χ3n) is 4.13. The molecule has 0 saturated heterocycles. The molecule has 6 heteroatoms. The minimum absolute atomic E-state index is 0.342. The summed E-state index contributed by atoms with van der Waals surface area (Å²) in [6, 6.07) is 22.9. The summed E-state index contributed by atoms with van der Waals surface area (Å²) in [6.07, 6.45) is -1.45. The van der Waals surface area contributed by atoms with Crippen LogP contribution >= 0.6 is 11.3 Å². The van der Waals surface area contributed by atoms with Crippen molar-refractivity contribution in [3.8, 4) is 0 Å². The predicted octanol–water partition coefficient (Wildman–Crippen LogP) is 4.88. The Morgan fingerprint density at radius 2 is 1.78 bits per heavy atom. The van der Waals surface area contributed by atoms with Gasteiger partial charge in [0.1, 0.15) is 0 Å². The third kappa shape index (κ3) is 4.17. The lowest BCUT2D eigenvalue weighted by Crippen LogP contribution is -2.36. The van der Waals surface area contributed by atoms with Crippen LogP contribution in [0.1, 0.15) is 16.5 Å². The van der Waals surface area contributed by atoms with Crippen molar-refractivity contribution in [1.82, 2.24) is 0 Å². The van der Waals surface area contributed by atoms with Gasteiger partial charge >= 0.3 is 6.09 Å². The fourth-order valence-electron chi connectivity index (χ4n) is 2.87. The number of hydrogen-bond acceptors (Lipinski definition) is 5. The number of amides is 1. The quantitative estimate of drug-likeness (QED) is 0.704. The Morgan fingerprint density at radius 1 is 1.04 bits per heavy atom. The van der Waals surface area contributed by atoms with Crippen molar-refractivity contribution in [2.75, 3.05) is 11.9 Å². The highest BCUT2D eigenvalue weighted by Crippen LogP contribution is 2.30. The number of nitrogens with zero attached hydrogens (tertiary/aromatic N) is 1. The molecule has 4 rings (SSSR count). The molecule has 1 aliphatic rings. The van der Waals surface area contributed by atoms with E-state index in [9.17, 15) is 4.79 Å². The molecule has 2 aromatic carbocycles. The Hall–Kier alpha value is -3.12. The fourth-order valence-corrected chi connectivity index (χ4v) is 3.54. The van der Waals surface area contributed by atoms with Gasteiger partial charge in [0, 0.05) is 5.69 Å². The largest absolute Gasteiger partial charge is 0.465 e. The van der Waals surface area contributed by atoms with E-state index in [0.29, 0.717) is 18.1 Å². The van der Waals surface area contributed by atoms with Gasteiger partial charge < -0.3 is 9.47 Å². The second-order valence-electron chi connectivity index (χ2n) is 6.01. The maximum Gasteiger partial charge on any atom is 0.412 e. The molecule has 0 aliphatic carbocycles. The molecular weight excluding hydrogens is 360 g/mol. The Labute approximate surface area is 161 Å². The molecule has 0 fully saturated rings. The van der Waals surface area contributed by atoms with E-state index < -0.39 is 18.3 Å². The van der Waals surface area contributed by atoms with Crippen molar-refractivity contribution < 1.29 is 14.3 Å². The van der Waals surface area contributed by atoms with Crippen LogP contribution in [-0.4, -0.2) is 24.6 Å². The van der Waals surface area contributed by atoms with E-state index in [1.165, 1.54) is 0 Å². The van der Waals surface area contributed by atoms with Gasteiger partial charge in [-0.25, -0.2) is 9.79 Å². The standard InChI is InChI=1S/C21H18N2O3S/c24-21(23-16-10-5-2-6-11-16)25-17-14-22-20(18-12-7-13-27-18)26-19(17)15-8-3-1-4-9-15/h1-13,17,19H,14H2,(H,23,24). The number of ether oxygens (including phenoxy) is 2. The summed E-state index contributed by atoms with van der Waals surface area (Å²) in [5.74, 6) is 0.585. The van der Waals surface area contributed by atoms with E-state index >= 15 is 0 Å². The Kier molecular flexibility index (Phi) is 5.16. The lowest BCUT2D eigenvalue weighted by molar-refractivity contribution is 0.0101. The first-order chi connectivity index (χ1) is 13.3. The zero-order valence-corrected chi connectivity index (χ0v) is 15.3. The monoisotopic (exact) mass is 378 g/mol. The number of carbonyl (C=O) groups excluding carboxylic acids is 1. The zero-order chi connectivity index (χ0) is 18.5. The van der Waals surface area contributed by atoms with E-state index in [1.807, 2.05) is 66.0 Å². The lowest BCUT2D eigenvalue weighted by atomic mass is 10.0. The van der Waals surface area contributed by atoms with Crippen LogP contribution in [0.3, 0.4) is 0 Å². The van der Waals surface area contributed by atoms with Crippen LogP contribution in [0.2, 0.25) is 0 Å². The van der Waals surface area contributed by atoms with Gasteiger partial charge in [0.25, 0.3) is 0 Å². The van der Waals surface area contributed by atoms with Crippen molar-refractivity contribution in [1.29, 1.82) is 0 Å². The fraction of sp³-hybridized carbons (Fsp3) is 0.143. The maximum absolute atomic E-state index is 12.3. The van der Waals surface area contributed by atoms with E-state index in [1.54, 1.807) is 23.5 Å². The molecule has 0 saturated carbocycles. The number of benzene rings is 2. The number of carbonyl (C=O) groups is 1. The highest BCUT2D eigenvalue weighted by molar-refractivity contribution is 7.12. The number of hydrogen-bond donors (Lipinski definition) is 1. The van der Waals surface area contributed by atoms with Crippen LogP contribution in [0.4, 0.5) is 10.5 Å². The van der Waals surface area contributed by atoms with Gasteiger partial charge in [-0.2, -0.15) is 0 Å². The molecule has 2 heterocycles. The van der Waals surface area contributed by atoms with Crippen LogP contribution in [0, 0.1) is 0 Å². The Bertz CT molecular complexity index is 911. The van der Waals surface area contributed by atoms with Crippen molar-refractivity contribution in [3.63, 3.8) is 0 Å². The molecule has 1 N–H and O–H groups in total. The average molecular weight is 378 g/mol. The number of aliphatic imine (C=N–C) groups is 1. The first-order valence-corrected chi connectivity index (χ1v) is 9.50. The molecule has 3 aromatic rings. The second kappa shape index (κ2) is 8.05. The highest BCUT2D eigenvalue weighted by Gasteiger charge is 2.33. The van der Waals surface area contributed by atoms with E-state index in [4.69, 9.17) is 9.47 Å². The summed E-state index contributed by atoms with van der Waals surface area (Å²) < 4.78 is 11.8. The minimum atomic E-state index is -0.523. The van der Waals surface area contributed by atoms with Crippen molar-refractivity contribution in [2.45, 2.75) is 12.2 Å². The topological polar surface area (TPSA) is 59.9 Å². The number of nitrogens with one attached hydrogen (secondary N) is 1. The molecule has 1 amide bonds. The van der Waals surface area contributed by atoms with Crippen LogP contribution in [0.15, 0.2) is 83.2 Å². The van der Waals surface area contributed by atoms with Crippen molar-refractivity contribution in [3.05, 3.63) is 88.6 Å². The summed E-state index contributed by atoms with van der Waals surface area (Å²) in [5.41, 5.74) is 1.62.